The molecular weight excluding hydrogens is 518 g/mol. The zero-order valence-corrected chi connectivity index (χ0v) is 21.1. The summed E-state index contributed by atoms with van der Waals surface area (Å²) in [7, 11) is 1.61. The largest absolute Gasteiger partial charge is 0.434 e. The van der Waals surface area contributed by atoms with Crippen LogP contribution < -0.4 is 4.90 Å². The molecule has 1 saturated carbocycles. The molecule has 38 heavy (non-hydrogen) atoms. The second-order valence-electron chi connectivity index (χ2n) is 11.2. The van der Waals surface area contributed by atoms with Crippen molar-refractivity contribution in [2.75, 3.05) is 38.3 Å². The first-order chi connectivity index (χ1) is 17.9. The van der Waals surface area contributed by atoms with Crippen molar-refractivity contribution in [3.05, 3.63) is 18.1 Å². The maximum absolute atomic E-state index is 13.8. The Hall–Kier alpha value is -2.15. The number of alkyl halides is 6. The molecule has 0 aromatic carbocycles. The molecule has 0 unspecified atom stereocenters. The van der Waals surface area contributed by atoms with Crippen molar-refractivity contribution >= 4 is 11.7 Å². The molecule has 4 aliphatic rings. The van der Waals surface area contributed by atoms with Crippen molar-refractivity contribution in [3.8, 4) is 0 Å². The van der Waals surface area contributed by atoms with Crippen molar-refractivity contribution in [2.45, 2.75) is 75.5 Å². The van der Waals surface area contributed by atoms with Gasteiger partial charge >= 0.3 is 12.4 Å². The first-order valence-electron chi connectivity index (χ1n) is 13.0. The number of amides is 1. The van der Waals surface area contributed by atoms with Gasteiger partial charge in [-0.3, -0.25) is 9.78 Å². The summed E-state index contributed by atoms with van der Waals surface area (Å²) in [6.07, 6.45) is -5.64. The molecule has 1 aliphatic carbocycles. The van der Waals surface area contributed by atoms with E-state index in [4.69, 9.17) is 9.47 Å². The average Bonchev–Trinajstić information content (AvgIpc) is 3.58. The van der Waals surface area contributed by atoms with Gasteiger partial charge in [0.25, 0.3) is 0 Å². The summed E-state index contributed by atoms with van der Waals surface area (Å²) in [6.45, 7) is 1.44. The Bertz CT molecular complexity index is 1020. The van der Waals surface area contributed by atoms with E-state index in [-0.39, 0.29) is 61.8 Å². The first-order valence-corrected chi connectivity index (χ1v) is 13.0. The van der Waals surface area contributed by atoms with Gasteiger partial charge in [-0.05, 0) is 50.4 Å². The molecule has 0 N–H and O–H groups in total. The van der Waals surface area contributed by atoms with Crippen LogP contribution in [0.25, 0.3) is 0 Å². The minimum atomic E-state index is -4.64. The Kier molecular flexibility index (Phi) is 7.29. The van der Waals surface area contributed by atoms with Gasteiger partial charge in [0.15, 0.2) is 5.69 Å². The predicted octanol–water partition coefficient (Wildman–Crippen LogP) is 4.47. The van der Waals surface area contributed by atoms with E-state index in [0.717, 1.165) is 6.42 Å². The fraction of sp³-hybridized carbons (Fsp3) is 0.800. The first kappa shape index (κ1) is 27.4. The number of methoxy groups -OCH3 is 1. The number of nitrogens with zero attached hydrogens (tertiary/aromatic N) is 4. The van der Waals surface area contributed by atoms with Crippen LogP contribution in [-0.4, -0.2) is 78.6 Å². The zero-order chi connectivity index (χ0) is 27.3. The van der Waals surface area contributed by atoms with Gasteiger partial charge in [-0.2, -0.15) is 26.3 Å². The van der Waals surface area contributed by atoms with E-state index in [1.54, 1.807) is 16.9 Å². The lowest BCUT2D eigenvalue weighted by Crippen LogP contribution is -2.54. The third kappa shape index (κ3) is 5.45. The summed E-state index contributed by atoms with van der Waals surface area (Å²) in [5, 5.41) is 0. The number of piperazine rings is 1. The van der Waals surface area contributed by atoms with Crippen LogP contribution in [0.5, 0.6) is 0 Å². The van der Waals surface area contributed by atoms with Gasteiger partial charge in [-0.25, -0.2) is 4.98 Å². The Morgan fingerprint density at radius 3 is 2.61 bits per heavy atom. The van der Waals surface area contributed by atoms with Gasteiger partial charge in [-0.1, -0.05) is 0 Å². The van der Waals surface area contributed by atoms with Gasteiger partial charge in [0.1, 0.15) is 5.82 Å². The second-order valence-corrected chi connectivity index (χ2v) is 11.2. The van der Waals surface area contributed by atoms with Crippen molar-refractivity contribution in [2.24, 2.45) is 17.3 Å². The number of likely N-dealkylation sites (tertiary alicyclic amines) is 1. The number of hydrogen-bond acceptors (Lipinski definition) is 6. The van der Waals surface area contributed by atoms with Crippen LogP contribution in [0.4, 0.5) is 32.2 Å². The Morgan fingerprint density at radius 2 is 1.95 bits per heavy atom. The number of carbonyl (C=O) groups excluding carboxylic acids is 1. The summed E-state index contributed by atoms with van der Waals surface area (Å²) < 4.78 is 91.7. The Morgan fingerprint density at radius 1 is 1.16 bits per heavy atom. The average molecular weight is 551 g/mol. The molecule has 4 fully saturated rings. The summed E-state index contributed by atoms with van der Waals surface area (Å²) in [4.78, 5) is 24.4. The molecule has 1 amide bonds. The number of carbonyl (C=O) groups is 1. The van der Waals surface area contributed by atoms with Crippen molar-refractivity contribution in [1.29, 1.82) is 0 Å². The van der Waals surface area contributed by atoms with Gasteiger partial charge in [-0.15, -0.1) is 0 Å². The normalized spacial score (nSPS) is 33.8. The van der Waals surface area contributed by atoms with Crippen LogP contribution in [0.15, 0.2) is 12.4 Å². The Labute approximate surface area is 216 Å². The summed E-state index contributed by atoms with van der Waals surface area (Å²) in [5.74, 6) is -0.247. The second kappa shape index (κ2) is 10.1. The van der Waals surface area contributed by atoms with E-state index in [0.29, 0.717) is 38.7 Å². The fourth-order valence-electron chi connectivity index (χ4n) is 7.10. The topological polar surface area (TPSA) is 67.8 Å². The highest BCUT2D eigenvalue weighted by atomic mass is 19.4. The number of aromatic nitrogens is 2. The molecule has 0 radical (unpaired) electrons. The minimum absolute atomic E-state index is 0.0151. The van der Waals surface area contributed by atoms with Gasteiger partial charge < -0.3 is 19.3 Å². The molecule has 1 aromatic heterocycles. The Balaban J connectivity index is 1.29. The third-order valence-electron chi connectivity index (χ3n) is 8.79. The maximum Gasteiger partial charge on any atom is 0.434 e. The monoisotopic (exact) mass is 550 g/mol. The van der Waals surface area contributed by atoms with Crippen LogP contribution in [-0.2, 0) is 20.4 Å². The maximum atomic E-state index is 13.8. The van der Waals surface area contributed by atoms with Crippen molar-refractivity contribution in [1.82, 2.24) is 14.9 Å². The standard InChI is InChI=1S/C25H32F6N4O3/c1-37-19-13-38-5-3-16(19)6-15-2-4-23(8-15,14-24(26,27)28)22(36)35-12-17-7-18(35)11-34(17)21-10-32-9-20(33-21)25(29,30)31/h9-10,15-19H,2-8,11-14H2,1H3/t15-,16+,17+,18+,19+,23-/m0/s1. The smallest absolute Gasteiger partial charge is 0.379 e. The molecule has 2 bridgehead atoms. The number of rotatable bonds is 6. The van der Waals surface area contributed by atoms with Crippen LogP contribution in [0.3, 0.4) is 0 Å². The van der Waals surface area contributed by atoms with E-state index in [2.05, 4.69) is 9.97 Å². The van der Waals surface area contributed by atoms with Crippen molar-refractivity contribution in [3.63, 3.8) is 0 Å². The number of halogens is 6. The van der Waals surface area contributed by atoms with E-state index in [9.17, 15) is 31.1 Å². The minimum Gasteiger partial charge on any atom is -0.379 e. The number of ether oxygens (including phenoxy) is 2. The molecule has 0 spiro atoms. The van der Waals surface area contributed by atoms with Crippen LogP contribution in [0, 0.1) is 17.3 Å². The van der Waals surface area contributed by atoms with Crippen molar-refractivity contribution < 1.29 is 40.6 Å². The predicted molar refractivity (Wildman–Crippen MR) is 123 cm³/mol. The molecule has 1 aromatic rings. The molecule has 5 rings (SSSR count). The lowest BCUT2D eigenvalue weighted by atomic mass is 9.78. The van der Waals surface area contributed by atoms with E-state index in [1.807, 2.05) is 0 Å². The number of fused-ring (bicyclic) bond motifs is 2. The van der Waals surface area contributed by atoms with Crippen LogP contribution in [0.2, 0.25) is 0 Å². The third-order valence-corrected chi connectivity index (χ3v) is 8.79. The van der Waals surface area contributed by atoms with Crippen LogP contribution in [0.1, 0.15) is 50.6 Å². The lowest BCUT2D eigenvalue weighted by Gasteiger charge is -2.40. The van der Waals surface area contributed by atoms with Crippen LogP contribution >= 0.6 is 0 Å². The van der Waals surface area contributed by atoms with E-state index >= 15 is 0 Å². The molecule has 4 heterocycles. The lowest BCUT2D eigenvalue weighted by molar-refractivity contribution is -0.175. The van der Waals surface area contributed by atoms with E-state index < -0.39 is 35.8 Å². The summed E-state index contributed by atoms with van der Waals surface area (Å²) in [6, 6.07) is -0.687. The highest BCUT2D eigenvalue weighted by Crippen LogP contribution is 2.53. The zero-order valence-electron chi connectivity index (χ0n) is 21.1. The highest BCUT2D eigenvalue weighted by Gasteiger charge is 2.57. The van der Waals surface area contributed by atoms with Gasteiger partial charge in [0.2, 0.25) is 5.91 Å². The molecule has 212 valence electrons. The molecular formula is C25H32F6N4O3. The molecule has 13 heteroatoms. The van der Waals surface area contributed by atoms with Gasteiger partial charge in [0, 0.05) is 26.8 Å². The summed E-state index contributed by atoms with van der Waals surface area (Å²) >= 11 is 0. The molecule has 7 nitrogen and oxygen atoms in total. The number of anilines is 1. The molecule has 3 saturated heterocycles. The number of hydrogen-bond donors (Lipinski definition) is 0. The molecule has 3 aliphatic heterocycles. The van der Waals surface area contributed by atoms with Gasteiger partial charge in [0.05, 0.1) is 49.0 Å². The quantitative estimate of drug-likeness (QED) is 0.488. The fourth-order valence-corrected chi connectivity index (χ4v) is 7.10. The SMILES string of the molecule is CO[C@@H]1COCC[C@@H]1C[C@@H]1CC[C@](CC(F)(F)F)(C(=O)N2C[C@H]3C[C@@H]2CN3c2cncc(C(F)(F)F)n2)C1. The highest BCUT2D eigenvalue weighted by molar-refractivity contribution is 5.84. The van der Waals surface area contributed by atoms with E-state index in [1.165, 1.54) is 6.20 Å². The molecule has 6 atom stereocenters. The summed E-state index contributed by atoms with van der Waals surface area (Å²) in [5.41, 5.74) is -2.62.